The number of hydrogen-bond acceptors (Lipinski definition) is 1. The minimum absolute atomic E-state index is 0.0444. The van der Waals surface area contributed by atoms with E-state index in [0.29, 0.717) is 17.7 Å². The van der Waals surface area contributed by atoms with E-state index < -0.39 is 63.7 Å². The van der Waals surface area contributed by atoms with Gasteiger partial charge in [0.25, 0.3) is 0 Å². The standard InChI is InChI=1S/C34H19F9O/c1-2-3-18-4-6-19(7-5-18)20-8-10-24(26(35)12-20)21-9-11-25(27(36)13-21)22-14-28(37)32(29(38)15-22)34(42,43)44-23-16-30(39)33(41)31(40)17-23/h2-17H,1H3/b3-2+. The van der Waals surface area contributed by atoms with Crippen LogP contribution in [0.3, 0.4) is 0 Å². The summed E-state index contributed by atoms with van der Waals surface area (Å²) in [5.74, 6) is -12.3. The Morgan fingerprint density at radius 3 is 1.55 bits per heavy atom. The first-order valence-corrected chi connectivity index (χ1v) is 12.9. The third-order valence-electron chi connectivity index (χ3n) is 6.70. The monoisotopic (exact) mass is 614 g/mol. The zero-order valence-electron chi connectivity index (χ0n) is 22.5. The lowest BCUT2D eigenvalue weighted by molar-refractivity contribution is -0.189. The fourth-order valence-electron chi connectivity index (χ4n) is 4.62. The van der Waals surface area contributed by atoms with Crippen LogP contribution in [0.5, 0.6) is 5.75 Å². The molecule has 44 heavy (non-hydrogen) atoms. The SMILES string of the molecule is C/C=C/c1ccc(-c2ccc(-c3ccc(-c4cc(F)c(C(F)(F)Oc5cc(F)c(F)c(F)c5)c(F)c4)c(F)c3)c(F)c2)cc1. The van der Waals surface area contributed by atoms with Gasteiger partial charge in [0.05, 0.1) is 0 Å². The van der Waals surface area contributed by atoms with Crippen molar-refractivity contribution in [2.45, 2.75) is 13.0 Å². The molecule has 0 atom stereocenters. The average molecular weight is 615 g/mol. The van der Waals surface area contributed by atoms with Gasteiger partial charge in [0.15, 0.2) is 17.5 Å². The first-order chi connectivity index (χ1) is 20.9. The molecule has 0 N–H and O–H groups in total. The van der Waals surface area contributed by atoms with Crippen molar-refractivity contribution in [1.82, 2.24) is 0 Å². The molecule has 1 nitrogen and oxygen atoms in total. The second-order valence-electron chi connectivity index (χ2n) is 9.65. The summed E-state index contributed by atoms with van der Waals surface area (Å²) in [6.45, 7) is 1.88. The van der Waals surface area contributed by atoms with Gasteiger partial charge in [-0.2, -0.15) is 8.78 Å². The van der Waals surface area contributed by atoms with E-state index in [1.807, 2.05) is 43.3 Å². The lowest BCUT2D eigenvalue weighted by Gasteiger charge is -2.20. The van der Waals surface area contributed by atoms with Crippen LogP contribution in [0.4, 0.5) is 39.5 Å². The van der Waals surface area contributed by atoms with E-state index in [1.165, 1.54) is 18.2 Å². The van der Waals surface area contributed by atoms with Crippen LogP contribution < -0.4 is 4.74 Å². The molecule has 0 spiro atoms. The Kier molecular flexibility index (Phi) is 8.27. The van der Waals surface area contributed by atoms with Crippen molar-refractivity contribution in [3.63, 3.8) is 0 Å². The molecule has 224 valence electrons. The molecule has 5 aromatic carbocycles. The normalized spacial score (nSPS) is 11.8. The molecule has 0 unspecified atom stereocenters. The number of allylic oxidation sites excluding steroid dienone is 1. The molecule has 5 rings (SSSR count). The number of rotatable bonds is 7. The lowest BCUT2D eigenvalue weighted by atomic mass is 9.96. The second-order valence-corrected chi connectivity index (χ2v) is 9.65. The molecule has 0 saturated carbocycles. The number of benzene rings is 5. The van der Waals surface area contributed by atoms with E-state index in [9.17, 15) is 30.7 Å². The molecular formula is C34H19F9O. The third kappa shape index (κ3) is 6.06. The lowest BCUT2D eigenvalue weighted by Crippen LogP contribution is -2.25. The molecule has 0 bridgehead atoms. The van der Waals surface area contributed by atoms with Crippen molar-refractivity contribution in [3.05, 3.63) is 143 Å². The quantitative estimate of drug-likeness (QED) is 0.131. The van der Waals surface area contributed by atoms with Crippen LogP contribution in [0.1, 0.15) is 18.1 Å². The van der Waals surface area contributed by atoms with Gasteiger partial charge in [-0.1, -0.05) is 60.7 Å². The maximum atomic E-state index is 15.1. The Bertz CT molecular complexity index is 1850. The molecule has 10 heteroatoms. The highest BCUT2D eigenvalue weighted by molar-refractivity contribution is 5.74. The molecule has 0 fully saturated rings. The van der Waals surface area contributed by atoms with E-state index in [1.54, 1.807) is 6.07 Å². The minimum Gasteiger partial charge on any atom is -0.429 e. The Balaban J connectivity index is 1.41. The number of hydrogen-bond donors (Lipinski definition) is 0. The Morgan fingerprint density at radius 1 is 0.523 bits per heavy atom. The van der Waals surface area contributed by atoms with Crippen molar-refractivity contribution >= 4 is 6.08 Å². The van der Waals surface area contributed by atoms with E-state index in [-0.39, 0.29) is 28.8 Å². The molecule has 0 aromatic heterocycles. The second kappa shape index (κ2) is 11.9. The summed E-state index contributed by atoms with van der Waals surface area (Å²) in [7, 11) is 0. The Morgan fingerprint density at radius 2 is 1.00 bits per heavy atom. The van der Waals surface area contributed by atoms with Crippen LogP contribution in [-0.2, 0) is 6.11 Å². The van der Waals surface area contributed by atoms with Crippen LogP contribution in [0.25, 0.3) is 39.5 Å². The van der Waals surface area contributed by atoms with Gasteiger partial charge in [-0.25, -0.2) is 30.7 Å². The highest BCUT2D eigenvalue weighted by Crippen LogP contribution is 2.39. The highest BCUT2D eigenvalue weighted by Gasteiger charge is 2.41. The Labute approximate surface area is 245 Å². The largest absolute Gasteiger partial charge is 0.432 e. The maximum Gasteiger partial charge on any atom is 0.432 e. The number of alkyl halides is 2. The summed E-state index contributed by atoms with van der Waals surface area (Å²) in [6, 6.07) is 16.1. The molecule has 0 radical (unpaired) electrons. The van der Waals surface area contributed by atoms with E-state index >= 15 is 8.78 Å². The van der Waals surface area contributed by atoms with Crippen LogP contribution in [0.2, 0.25) is 0 Å². The molecular weight excluding hydrogens is 595 g/mol. The third-order valence-corrected chi connectivity index (χ3v) is 6.70. The van der Waals surface area contributed by atoms with Crippen molar-refractivity contribution in [2.24, 2.45) is 0 Å². The van der Waals surface area contributed by atoms with Crippen LogP contribution >= 0.6 is 0 Å². The van der Waals surface area contributed by atoms with Crippen LogP contribution in [-0.4, -0.2) is 0 Å². The zero-order valence-corrected chi connectivity index (χ0v) is 22.5. The molecule has 5 aromatic rings. The Hall–Kier alpha value is -4.99. The summed E-state index contributed by atoms with van der Waals surface area (Å²) in [4.78, 5) is 0. The molecule has 0 aliphatic rings. The van der Waals surface area contributed by atoms with Gasteiger partial charge in [-0.3, -0.25) is 0 Å². The predicted molar refractivity (Wildman–Crippen MR) is 148 cm³/mol. The fraction of sp³-hybridized carbons (Fsp3) is 0.0588. The van der Waals surface area contributed by atoms with Gasteiger partial charge in [-0.05, 0) is 59.0 Å². The smallest absolute Gasteiger partial charge is 0.429 e. The van der Waals surface area contributed by atoms with Crippen molar-refractivity contribution in [3.8, 4) is 39.1 Å². The van der Waals surface area contributed by atoms with Gasteiger partial charge >= 0.3 is 6.11 Å². The first kappa shape index (κ1) is 30.5. The summed E-state index contributed by atoms with van der Waals surface area (Å²) in [6.07, 6.45) is -1.00. The summed E-state index contributed by atoms with van der Waals surface area (Å²) in [5.41, 5.74) is -0.329. The van der Waals surface area contributed by atoms with Crippen molar-refractivity contribution in [2.75, 3.05) is 0 Å². The fourth-order valence-corrected chi connectivity index (χ4v) is 4.62. The van der Waals surface area contributed by atoms with E-state index in [2.05, 4.69) is 4.74 Å². The van der Waals surface area contributed by atoms with Gasteiger partial charge in [0, 0.05) is 23.3 Å². The zero-order chi connectivity index (χ0) is 31.8. The van der Waals surface area contributed by atoms with Gasteiger partial charge in [0.2, 0.25) is 0 Å². The van der Waals surface area contributed by atoms with Crippen molar-refractivity contribution in [1.29, 1.82) is 0 Å². The van der Waals surface area contributed by atoms with Crippen LogP contribution in [0, 0.1) is 40.7 Å². The maximum absolute atomic E-state index is 15.1. The van der Waals surface area contributed by atoms with Gasteiger partial charge in [-0.15, -0.1) is 0 Å². The van der Waals surface area contributed by atoms with Crippen LogP contribution in [0.15, 0.2) is 91.0 Å². The molecule has 0 amide bonds. The molecule has 0 aliphatic heterocycles. The minimum atomic E-state index is -4.80. The van der Waals surface area contributed by atoms with E-state index in [0.717, 1.165) is 23.3 Å². The summed E-state index contributed by atoms with van der Waals surface area (Å²) in [5, 5.41) is 0. The van der Waals surface area contributed by atoms with Crippen molar-refractivity contribution < 1.29 is 44.3 Å². The number of halogens is 9. The summed E-state index contributed by atoms with van der Waals surface area (Å²) < 4.78 is 133. The average Bonchev–Trinajstić information content (AvgIpc) is 2.95. The predicted octanol–water partition coefficient (Wildman–Crippen LogP) is 10.8. The molecule has 0 heterocycles. The first-order valence-electron chi connectivity index (χ1n) is 12.9. The van der Waals surface area contributed by atoms with Gasteiger partial charge in [0.1, 0.15) is 34.6 Å². The molecule has 0 saturated heterocycles. The van der Waals surface area contributed by atoms with Gasteiger partial charge < -0.3 is 4.74 Å². The summed E-state index contributed by atoms with van der Waals surface area (Å²) >= 11 is 0. The highest BCUT2D eigenvalue weighted by atomic mass is 19.3. The topological polar surface area (TPSA) is 9.23 Å². The van der Waals surface area contributed by atoms with E-state index in [4.69, 9.17) is 0 Å². The number of ether oxygens (including phenoxy) is 1. The molecule has 0 aliphatic carbocycles.